The molecule has 5 nitrogen and oxygen atoms in total. The zero-order valence-corrected chi connectivity index (χ0v) is 16.7. The highest BCUT2D eigenvalue weighted by molar-refractivity contribution is 5.93. The van der Waals surface area contributed by atoms with E-state index in [4.69, 9.17) is 15.2 Å². The number of fused-ring (bicyclic) bond motifs is 1. The zero-order chi connectivity index (χ0) is 21.5. The van der Waals surface area contributed by atoms with E-state index >= 15 is 0 Å². The summed E-state index contributed by atoms with van der Waals surface area (Å²) in [5.41, 5.74) is 6.71. The summed E-state index contributed by atoms with van der Waals surface area (Å²) in [7, 11) is 0. The molecule has 0 saturated carbocycles. The molecule has 1 fully saturated rings. The second-order valence-electron chi connectivity index (χ2n) is 7.52. The predicted octanol–water partition coefficient (Wildman–Crippen LogP) is 4.86. The number of anilines is 1. The van der Waals surface area contributed by atoms with Crippen molar-refractivity contribution in [3.05, 3.63) is 58.8 Å². The van der Waals surface area contributed by atoms with E-state index in [1.54, 1.807) is 12.1 Å². The number of hydrogen-bond acceptors (Lipinski definition) is 5. The van der Waals surface area contributed by atoms with E-state index in [0.29, 0.717) is 35.6 Å². The first-order valence-corrected chi connectivity index (χ1v) is 9.72. The minimum Gasteiger partial charge on any atom is -0.488 e. The number of ether oxygens (including phenoxy) is 2. The van der Waals surface area contributed by atoms with Gasteiger partial charge in [0.15, 0.2) is 5.82 Å². The second kappa shape index (κ2) is 7.75. The van der Waals surface area contributed by atoms with Gasteiger partial charge in [0.25, 0.3) is 0 Å². The summed E-state index contributed by atoms with van der Waals surface area (Å²) in [6.45, 7) is 4.52. The maximum atomic E-state index is 13.3. The molecule has 2 atom stereocenters. The maximum Gasteiger partial charge on any atom is 0.416 e. The zero-order valence-electron chi connectivity index (χ0n) is 16.7. The van der Waals surface area contributed by atoms with Gasteiger partial charge in [-0.05, 0) is 42.3 Å². The van der Waals surface area contributed by atoms with Crippen LogP contribution < -0.4 is 10.5 Å². The number of halogens is 3. The van der Waals surface area contributed by atoms with Crippen molar-refractivity contribution in [2.45, 2.75) is 38.5 Å². The van der Waals surface area contributed by atoms with Crippen molar-refractivity contribution in [1.29, 1.82) is 0 Å². The first kappa shape index (κ1) is 20.4. The predicted molar refractivity (Wildman–Crippen MR) is 108 cm³/mol. The van der Waals surface area contributed by atoms with Crippen LogP contribution in [0.2, 0.25) is 0 Å². The van der Waals surface area contributed by atoms with E-state index in [1.165, 1.54) is 13.0 Å². The Hall–Kier alpha value is -2.87. The fraction of sp³-hybridized carbons (Fsp3) is 0.364. The van der Waals surface area contributed by atoms with Crippen molar-refractivity contribution in [1.82, 2.24) is 10.2 Å². The molecule has 1 aliphatic rings. The molecule has 2 heterocycles. The van der Waals surface area contributed by atoms with Gasteiger partial charge >= 0.3 is 6.18 Å². The monoisotopic (exact) mass is 417 g/mol. The Kier molecular flexibility index (Phi) is 5.27. The van der Waals surface area contributed by atoms with Crippen LogP contribution in [-0.4, -0.2) is 29.5 Å². The third-order valence-corrected chi connectivity index (χ3v) is 5.56. The lowest BCUT2D eigenvalue weighted by Crippen LogP contribution is -2.15. The van der Waals surface area contributed by atoms with Crippen molar-refractivity contribution >= 4 is 16.6 Å². The molecule has 1 saturated heterocycles. The normalized spacial score (nSPS) is 18.0. The Morgan fingerprint density at radius 2 is 1.97 bits per heavy atom. The number of benzene rings is 2. The van der Waals surface area contributed by atoms with Crippen LogP contribution in [0.4, 0.5) is 19.0 Å². The molecule has 4 rings (SSSR count). The lowest BCUT2D eigenvalue weighted by Gasteiger charge is -2.20. The Balaban J connectivity index is 1.75. The molecular formula is C22H22F3N3O2. The topological polar surface area (TPSA) is 70.3 Å². The van der Waals surface area contributed by atoms with Gasteiger partial charge in [-0.2, -0.15) is 18.3 Å². The number of alkyl halides is 3. The molecular weight excluding hydrogens is 395 g/mol. The number of nitrogens with two attached hydrogens (primary N) is 1. The van der Waals surface area contributed by atoms with Gasteiger partial charge in [-0.3, -0.25) is 0 Å². The highest BCUT2D eigenvalue weighted by Crippen LogP contribution is 2.38. The van der Waals surface area contributed by atoms with Crippen LogP contribution in [0.15, 0.2) is 36.4 Å². The number of nitrogen functional groups attached to an aromatic ring is 1. The first-order chi connectivity index (χ1) is 14.3. The van der Waals surface area contributed by atoms with E-state index in [2.05, 4.69) is 10.2 Å². The molecule has 0 amide bonds. The fourth-order valence-electron chi connectivity index (χ4n) is 3.94. The van der Waals surface area contributed by atoms with Gasteiger partial charge in [-0.25, -0.2) is 0 Å². The van der Waals surface area contributed by atoms with E-state index in [-0.39, 0.29) is 17.5 Å². The maximum absolute atomic E-state index is 13.3. The summed E-state index contributed by atoms with van der Waals surface area (Å²) in [4.78, 5) is 0. The second-order valence-corrected chi connectivity index (χ2v) is 7.52. The summed E-state index contributed by atoms with van der Waals surface area (Å²) < 4.78 is 51.3. The third kappa shape index (κ3) is 3.79. The average molecular weight is 417 g/mol. The molecule has 30 heavy (non-hydrogen) atoms. The van der Waals surface area contributed by atoms with E-state index in [9.17, 15) is 13.2 Å². The van der Waals surface area contributed by atoms with Crippen molar-refractivity contribution in [2.75, 3.05) is 18.9 Å². The van der Waals surface area contributed by atoms with Gasteiger partial charge in [0.1, 0.15) is 11.9 Å². The van der Waals surface area contributed by atoms with Crippen molar-refractivity contribution in [3.8, 4) is 5.75 Å². The largest absolute Gasteiger partial charge is 0.488 e. The van der Waals surface area contributed by atoms with Crippen LogP contribution >= 0.6 is 0 Å². The van der Waals surface area contributed by atoms with E-state index < -0.39 is 17.7 Å². The molecule has 2 N–H and O–H groups in total. The highest BCUT2D eigenvalue weighted by Gasteiger charge is 2.33. The molecule has 2 aromatic carbocycles. The molecule has 0 bridgehead atoms. The molecule has 3 aromatic rings. The highest BCUT2D eigenvalue weighted by atomic mass is 19.4. The smallest absolute Gasteiger partial charge is 0.416 e. The summed E-state index contributed by atoms with van der Waals surface area (Å²) in [5.74, 6) is 0.485. The molecule has 0 aliphatic carbocycles. The van der Waals surface area contributed by atoms with Crippen LogP contribution in [0.3, 0.4) is 0 Å². The van der Waals surface area contributed by atoms with Gasteiger partial charge in [-0.15, -0.1) is 5.10 Å². The summed E-state index contributed by atoms with van der Waals surface area (Å²) in [6, 6.07) is 9.65. The summed E-state index contributed by atoms with van der Waals surface area (Å²) in [6.07, 6.45) is -3.60. The number of nitrogens with zero attached hydrogens (tertiary/aromatic N) is 2. The lowest BCUT2D eigenvalue weighted by atomic mass is 9.89. The third-order valence-electron chi connectivity index (χ3n) is 5.56. The molecule has 158 valence electrons. The van der Waals surface area contributed by atoms with Gasteiger partial charge in [-0.1, -0.05) is 19.1 Å². The molecule has 0 spiro atoms. The van der Waals surface area contributed by atoms with Gasteiger partial charge < -0.3 is 15.2 Å². The van der Waals surface area contributed by atoms with Gasteiger partial charge in [0.05, 0.1) is 24.5 Å². The number of aromatic nitrogens is 2. The van der Waals surface area contributed by atoms with Crippen LogP contribution in [-0.2, 0) is 10.9 Å². The van der Waals surface area contributed by atoms with E-state index in [1.807, 2.05) is 19.1 Å². The van der Waals surface area contributed by atoms with Crippen LogP contribution in [0, 0.1) is 6.92 Å². The lowest BCUT2D eigenvalue weighted by molar-refractivity contribution is -0.138. The summed E-state index contributed by atoms with van der Waals surface area (Å²) in [5, 5.41) is 9.68. The molecule has 1 aliphatic heterocycles. The standard InChI is InChI=1S/C22H22F3N3O2/c1-12-16(4-3-5-19(12)22(23,24)25)13(2)20-17-7-6-14(30-15-8-9-29-11-15)10-18(17)21(26)28-27-20/h3-7,10,13,15H,8-9,11H2,1-2H3,(H2,26,28). The van der Waals surface area contributed by atoms with E-state index in [0.717, 1.165) is 17.9 Å². The molecule has 1 aromatic heterocycles. The Morgan fingerprint density at radius 3 is 2.67 bits per heavy atom. The molecule has 2 unspecified atom stereocenters. The van der Waals surface area contributed by atoms with Crippen molar-refractivity contribution < 1.29 is 22.6 Å². The Morgan fingerprint density at radius 1 is 1.17 bits per heavy atom. The first-order valence-electron chi connectivity index (χ1n) is 9.72. The minimum atomic E-state index is -4.41. The summed E-state index contributed by atoms with van der Waals surface area (Å²) >= 11 is 0. The van der Waals surface area contributed by atoms with Gasteiger partial charge in [0.2, 0.25) is 0 Å². The van der Waals surface area contributed by atoms with Crippen LogP contribution in [0.1, 0.15) is 41.6 Å². The Labute approximate surface area is 172 Å². The van der Waals surface area contributed by atoms with Crippen molar-refractivity contribution in [2.24, 2.45) is 0 Å². The van der Waals surface area contributed by atoms with Crippen LogP contribution in [0.5, 0.6) is 5.75 Å². The average Bonchev–Trinajstić information content (AvgIpc) is 3.20. The molecule has 0 radical (unpaired) electrons. The van der Waals surface area contributed by atoms with Crippen molar-refractivity contribution in [3.63, 3.8) is 0 Å². The molecule has 8 heteroatoms. The quantitative estimate of drug-likeness (QED) is 0.657. The minimum absolute atomic E-state index is 0.00961. The Bertz CT molecular complexity index is 1080. The number of hydrogen-bond donors (Lipinski definition) is 1. The number of rotatable bonds is 4. The fourth-order valence-corrected chi connectivity index (χ4v) is 3.94. The van der Waals surface area contributed by atoms with Gasteiger partial charge in [0, 0.05) is 23.1 Å². The van der Waals surface area contributed by atoms with Crippen LogP contribution in [0.25, 0.3) is 10.8 Å². The SMILES string of the molecule is Cc1c(C(C)c2nnc(N)c3cc(OC4CCOC4)ccc23)cccc1C(F)(F)F.